The summed E-state index contributed by atoms with van der Waals surface area (Å²) < 4.78 is 0. The summed E-state index contributed by atoms with van der Waals surface area (Å²) >= 11 is 0. The molecule has 0 saturated heterocycles. The van der Waals surface area contributed by atoms with Crippen LogP contribution in [-0.2, 0) is 0 Å². The lowest BCUT2D eigenvalue weighted by molar-refractivity contribution is 3.22. The second kappa shape index (κ2) is 18.3. The zero-order valence-electron chi connectivity index (χ0n) is 21.4. The molecule has 0 N–H and O–H groups in total. The molecule has 0 atom stereocenters. The Bertz CT molecular complexity index is 478. The van der Waals surface area contributed by atoms with E-state index in [1.807, 2.05) is 0 Å². The van der Waals surface area contributed by atoms with Gasteiger partial charge in [-0.05, 0) is 256 Å². The van der Waals surface area contributed by atoms with Gasteiger partial charge in [0, 0.05) is 0 Å². The fourth-order valence-electron chi connectivity index (χ4n) is 5.90. The van der Waals surface area contributed by atoms with E-state index in [1.54, 1.807) is 0 Å². The monoisotopic (exact) mass is 421 g/mol. The quantitative estimate of drug-likeness (QED) is 0.208. The molecule has 38 heavy (non-hydrogen) atoms. The van der Waals surface area contributed by atoms with Gasteiger partial charge in [0.2, 0.25) is 0 Å². The first-order valence-electron chi connectivity index (χ1n) is 12.0. The van der Waals surface area contributed by atoms with E-state index in [2.05, 4.69) is 0 Å². The van der Waals surface area contributed by atoms with E-state index < -0.39 is 123 Å². The van der Waals surface area contributed by atoms with Crippen LogP contribution in [0.2, 0.25) is 0 Å². The summed E-state index contributed by atoms with van der Waals surface area (Å²) in [6.45, 7) is 0. The molecular formula is H3B38-. The maximum Gasteiger partial charge on any atom is -0.0000000000000851 e. The molecule has 38 heteroatoms. The van der Waals surface area contributed by atoms with Gasteiger partial charge in [0.05, 0.1) is 0 Å². The van der Waals surface area contributed by atoms with Gasteiger partial charge in [-0.3, -0.25) is 0 Å². The largest absolute Gasteiger partial charge is 0.128 e. The van der Waals surface area contributed by atoms with E-state index in [1.165, 1.54) is 0 Å². The molecule has 0 aliphatic rings. The summed E-state index contributed by atoms with van der Waals surface area (Å²) in [5.74, 6) is 0. The molecule has 0 aliphatic carbocycles. The van der Waals surface area contributed by atoms with Gasteiger partial charge in [0.1, 0.15) is 0 Å². The Hall–Kier alpha value is 2.47. The van der Waals surface area contributed by atoms with Crippen molar-refractivity contribution in [1.29, 1.82) is 0 Å². The summed E-state index contributed by atoms with van der Waals surface area (Å²) in [6.07, 6.45) is -17.5. The Morgan fingerprint density at radius 2 is 0.342 bits per heavy atom. The third kappa shape index (κ3) is 10.9. The second-order valence-corrected chi connectivity index (χ2v) is 10.0. The zero-order chi connectivity index (χ0) is 30.4. The second-order valence-electron chi connectivity index (χ2n) is 10.0. The Kier molecular flexibility index (Phi) is 19.5. The van der Waals surface area contributed by atoms with E-state index in [4.69, 9.17) is 147 Å². The lowest BCUT2D eigenvalue weighted by Gasteiger charge is -2.54. The predicted molar refractivity (Wildman–Crippen MR) is 223 cm³/mol. The van der Waals surface area contributed by atoms with Crippen molar-refractivity contribution < 1.29 is 0 Å². The van der Waals surface area contributed by atoms with E-state index in [-0.39, 0.29) is 0 Å². The third-order valence-corrected chi connectivity index (χ3v) is 7.33. The SMILES string of the molecule is [B]B([B])B(B([B])[B])B(B(B([B])[B])B([B])[B])B(B(B([B])[B])B([B])[B])B(B(B([B])[B])B([B])[B])B(B([B])[B])B([B])[BH3-]. The number of hydrogen-bond acceptors (Lipinski definition) is 0. The highest BCUT2D eigenvalue weighted by Crippen LogP contribution is 2.18. The van der Waals surface area contributed by atoms with Gasteiger partial charge in [0.25, 0.3) is 0 Å². The summed E-state index contributed by atoms with van der Waals surface area (Å²) in [5.41, 5.74) is 0. The fourth-order valence-corrected chi connectivity index (χ4v) is 5.90. The first kappa shape index (κ1) is 40.5. The molecule has 0 bridgehead atoms. The molecule has 0 unspecified atom stereocenters. The Morgan fingerprint density at radius 1 is 0.211 bits per heavy atom. The highest BCUT2D eigenvalue weighted by Gasteiger charge is 2.55. The van der Waals surface area contributed by atoms with Gasteiger partial charge in [-0.25, -0.2) is 0 Å². The molecule has 0 saturated carbocycles. The normalized spacial score (nSPS) is 9.61. The molecule has 0 rings (SSSR count). The molecule has 0 heterocycles. The van der Waals surface area contributed by atoms with Crippen LogP contribution in [-0.4, -0.2) is 270 Å². The Labute approximate surface area is 268 Å². The van der Waals surface area contributed by atoms with E-state index >= 15 is 0 Å². The van der Waals surface area contributed by atoms with Gasteiger partial charge < -0.3 is 0 Å². The number of rotatable bonds is 17. The summed E-state index contributed by atoms with van der Waals surface area (Å²) in [7, 11) is 119. The minimum atomic E-state index is -1.14. The standard InChI is InChI=1S/B38H3/c1-21(2)31(22(3)4)36(32(23(5)6)24(7)8)38(35(29(17)18)30(19)20)37(33(25(9)10)26(11)12)34(27(13)14)28(15)16/h1H3/q-1. The van der Waals surface area contributed by atoms with Crippen molar-refractivity contribution in [1.82, 2.24) is 0 Å². The van der Waals surface area contributed by atoms with Crippen LogP contribution >= 0.6 is 0 Å². The van der Waals surface area contributed by atoms with Crippen molar-refractivity contribution in [3.63, 3.8) is 0 Å². The van der Waals surface area contributed by atoms with E-state index in [9.17, 15) is 0 Å². The fraction of sp³-hybridized carbons (Fsp3) is 0. The number of hydrogen-bond donors (Lipinski definition) is 0. The third-order valence-electron chi connectivity index (χ3n) is 7.33. The van der Waals surface area contributed by atoms with Crippen molar-refractivity contribution in [3.05, 3.63) is 0 Å². The Morgan fingerprint density at radius 3 is 0.474 bits per heavy atom. The predicted octanol–water partition coefficient (Wildman–Crippen LogP) is -15.3. The topological polar surface area (TPSA) is 0 Å². The maximum absolute atomic E-state index is 6.52. The zero-order valence-corrected chi connectivity index (χ0v) is 21.4. The molecule has 0 aliphatic heterocycles. The molecule has 118 valence electrons. The molecule has 0 aromatic carbocycles. The smallest absolute Gasteiger partial charge is 0.0000000000000851 e. The highest BCUT2D eigenvalue weighted by molar-refractivity contribution is 8.31. The van der Waals surface area contributed by atoms with Crippen molar-refractivity contribution >= 4 is 270 Å². The van der Waals surface area contributed by atoms with Crippen LogP contribution in [0.3, 0.4) is 0 Å². The summed E-state index contributed by atoms with van der Waals surface area (Å²) in [4.78, 5) is 0. The molecule has 0 amide bonds. The molecule has 0 aromatic heterocycles. The summed E-state index contributed by atoms with van der Waals surface area (Å²) in [6, 6.07) is 0. The first-order chi connectivity index (χ1) is 17.2. The lowest BCUT2D eigenvalue weighted by Crippen LogP contribution is -2.92. The molecule has 38 radical (unpaired) electrons. The highest BCUT2D eigenvalue weighted by atomic mass is 13.4. The molecule has 0 nitrogen and oxygen atoms in total. The maximum atomic E-state index is 6.52. The molecule has 0 fully saturated rings. The minimum Gasteiger partial charge on any atom is -0.128 e. The van der Waals surface area contributed by atoms with Crippen LogP contribution in [0, 0.1) is 0 Å². The Balaban J connectivity index is 8.12. The van der Waals surface area contributed by atoms with Gasteiger partial charge in [-0.2, -0.15) is 0 Å². The van der Waals surface area contributed by atoms with Crippen LogP contribution in [0.15, 0.2) is 0 Å². The average molecular weight is 414 g/mol. The van der Waals surface area contributed by atoms with E-state index in [0.29, 0.717) is 0 Å². The molecular weight excluding hydrogens is 411 g/mol. The van der Waals surface area contributed by atoms with Crippen molar-refractivity contribution in [3.8, 4) is 0 Å². The van der Waals surface area contributed by atoms with Crippen LogP contribution < -0.4 is 0 Å². The molecule has 0 spiro atoms. The molecule has 0 aromatic rings. The summed E-state index contributed by atoms with van der Waals surface area (Å²) in [5, 5.41) is 0. The van der Waals surface area contributed by atoms with Crippen LogP contribution in [0.5, 0.6) is 0 Å². The van der Waals surface area contributed by atoms with Crippen LogP contribution in [0.1, 0.15) is 0 Å². The van der Waals surface area contributed by atoms with Gasteiger partial charge in [0.15, 0.2) is 0 Å². The van der Waals surface area contributed by atoms with Gasteiger partial charge in [-0.1, -0.05) is 7.74 Å². The minimum absolute atomic E-state index is 0.431. The lowest BCUT2D eigenvalue weighted by atomic mass is 8.28. The van der Waals surface area contributed by atoms with Crippen molar-refractivity contribution in [2.24, 2.45) is 0 Å². The van der Waals surface area contributed by atoms with Crippen molar-refractivity contribution in [2.45, 2.75) is 0 Å². The van der Waals surface area contributed by atoms with Crippen molar-refractivity contribution in [2.75, 3.05) is 0 Å². The van der Waals surface area contributed by atoms with Gasteiger partial charge >= 0.3 is 0 Å². The van der Waals surface area contributed by atoms with Crippen LogP contribution in [0.4, 0.5) is 0 Å². The first-order valence-corrected chi connectivity index (χ1v) is 12.0. The average Bonchev–Trinajstić information content (AvgIpc) is 2.67. The van der Waals surface area contributed by atoms with Crippen LogP contribution in [0.25, 0.3) is 0 Å². The van der Waals surface area contributed by atoms with Gasteiger partial charge in [-0.15, -0.1) is 6.39 Å². The van der Waals surface area contributed by atoms with E-state index in [0.717, 1.165) is 0 Å².